The predicted octanol–water partition coefficient (Wildman–Crippen LogP) is 4.19. The van der Waals surface area contributed by atoms with Gasteiger partial charge in [0, 0.05) is 0 Å². The van der Waals surface area contributed by atoms with Gasteiger partial charge in [-0.15, -0.1) is 0 Å². The summed E-state index contributed by atoms with van der Waals surface area (Å²) in [6.45, 7) is 9.61. The van der Waals surface area contributed by atoms with Crippen molar-refractivity contribution in [2.45, 2.75) is 78.1 Å². The summed E-state index contributed by atoms with van der Waals surface area (Å²) >= 11 is 0. The molecule has 1 saturated carbocycles. The average Bonchev–Trinajstić information content (AvgIpc) is 2.54. The number of nitrogens with zero attached hydrogens (tertiary/aromatic N) is 1. The van der Waals surface area contributed by atoms with Crippen molar-refractivity contribution in [3.05, 3.63) is 0 Å². The summed E-state index contributed by atoms with van der Waals surface area (Å²) in [7, 11) is 0. The van der Waals surface area contributed by atoms with E-state index in [0.717, 1.165) is 6.54 Å². The highest BCUT2D eigenvalue weighted by atomic mass is 15.1. The molecule has 1 heterocycles. The molecular formula is C18H36N2. The maximum Gasteiger partial charge on any atom is -0.00130 e. The van der Waals surface area contributed by atoms with Crippen LogP contribution in [0, 0.1) is 10.8 Å². The fourth-order valence-electron chi connectivity index (χ4n) is 4.46. The molecule has 0 atom stereocenters. The number of hydrogen-bond donors (Lipinski definition) is 1. The van der Waals surface area contributed by atoms with Crippen molar-refractivity contribution in [1.82, 2.24) is 4.90 Å². The van der Waals surface area contributed by atoms with E-state index in [1.165, 1.54) is 83.8 Å². The Morgan fingerprint density at radius 2 is 1.45 bits per heavy atom. The van der Waals surface area contributed by atoms with Crippen LogP contribution < -0.4 is 5.73 Å². The van der Waals surface area contributed by atoms with Crippen molar-refractivity contribution in [3.8, 4) is 0 Å². The first kappa shape index (κ1) is 16.3. The van der Waals surface area contributed by atoms with E-state index < -0.39 is 0 Å². The maximum absolute atomic E-state index is 6.12. The third-order valence-corrected chi connectivity index (χ3v) is 6.72. The smallest absolute Gasteiger partial charge is 0.00130 e. The molecule has 20 heavy (non-hydrogen) atoms. The lowest BCUT2D eigenvalue weighted by atomic mass is 9.71. The van der Waals surface area contributed by atoms with Crippen LogP contribution in [0.25, 0.3) is 0 Å². The van der Waals surface area contributed by atoms with Gasteiger partial charge in [-0.2, -0.15) is 0 Å². The fourth-order valence-corrected chi connectivity index (χ4v) is 4.46. The summed E-state index contributed by atoms with van der Waals surface area (Å²) in [5, 5.41) is 0. The summed E-state index contributed by atoms with van der Waals surface area (Å²) in [4.78, 5) is 2.72. The predicted molar refractivity (Wildman–Crippen MR) is 87.9 cm³/mol. The molecule has 0 amide bonds. The second-order valence-electron chi connectivity index (χ2n) is 7.56. The van der Waals surface area contributed by atoms with Gasteiger partial charge in [0.15, 0.2) is 0 Å². The Hall–Kier alpha value is -0.0800. The van der Waals surface area contributed by atoms with Gasteiger partial charge in [-0.1, -0.05) is 46.0 Å². The maximum atomic E-state index is 6.12. The SMILES string of the molecule is CCC1(CC)CCN(CCC2(CN)CCCCC2)CC1. The minimum atomic E-state index is 0.488. The Morgan fingerprint density at radius 1 is 0.850 bits per heavy atom. The summed E-state index contributed by atoms with van der Waals surface area (Å²) in [6, 6.07) is 0. The zero-order valence-corrected chi connectivity index (χ0v) is 13.9. The Bertz CT molecular complexity index is 267. The molecule has 0 aromatic carbocycles. The molecule has 2 rings (SSSR count). The van der Waals surface area contributed by atoms with E-state index in [1.807, 2.05) is 0 Å². The van der Waals surface area contributed by atoms with Gasteiger partial charge in [0.2, 0.25) is 0 Å². The van der Waals surface area contributed by atoms with Crippen LogP contribution in [0.15, 0.2) is 0 Å². The second kappa shape index (κ2) is 7.26. The van der Waals surface area contributed by atoms with Gasteiger partial charge in [0.05, 0.1) is 0 Å². The molecule has 2 N–H and O–H groups in total. The summed E-state index contributed by atoms with van der Waals surface area (Å²) in [5.41, 5.74) is 7.27. The van der Waals surface area contributed by atoms with Crippen LogP contribution in [0.5, 0.6) is 0 Å². The summed E-state index contributed by atoms with van der Waals surface area (Å²) < 4.78 is 0. The van der Waals surface area contributed by atoms with Gasteiger partial charge >= 0.3 is 0 Å². The van der Waals surface area contributed by atoms with E-state index in [1.54, 1.807) is 0 Å². The van der Waals surface area contributed by atoms with E-state index in [4.69, 9.17) is 5.73 Å². The van der Waals surface area contributed by atoms with E-state index in [9.17, 15) is 0 Å². The quantitative estimate of drug-likeness (QED) is 0.790. The van der Waals surface area contributed by atoms with Crippen LogP contribution in [-0.4, -0.2) is 31.1 Å². The van der Waals surface area contributed by atoms with Crippen LogP contribution in [0.1, 0.15) is 78.1 Å². The molecule has 1 saturated heterocycles. The first-order valence-corrected chi connectivity index (χ1v) is 9.10. The van der Waals surface area contributed by atoms with Crippen molar-refractivity contribution in [1.29, 1.82) is 0 Å². The van der Waals surface area contributed by atoms with Gasteiger partial charge in [0.1, 0.15) is 0 Å². The van der Waals surface area contributed by atoms with Crippen molar-refractivity contribution in [3.63, 3.8) is 0 Å². The van der Waals surface area contributed by atoms with Gasteiger partial charge < -0.3 is 10.6 Å². The minimum absolute atomic E-state index is 0.488. The lowest BCUT2D eigenvalue weighted by Gasteiger charge is -2.43. The van der Waals surface area contributed by atoms with Gasteiger partial charge in [0.25, 0.3) is 0 Å². The molecule has 0 aromatic heterocycles. The molecule has 118 valence electrons. The molecule has 1 aliphatic heterocycles. The number of rotatable bonds is 6. The van der Waals surface area contributed by atoms with Crippen LogP contribution in [0.2, 0.25) is 0 Å². The molecule has 2 aliphatic rings. The number of nitrogens with two attached hydrogens (primary N) is 1. The van der Waals surface area contributed by atoms with Crippen LogP contribution in [0.3, 0.4) is 0 Å². The fraction of sp³-hybridized carbons (Fsp3) is 1.00. The van der Waals surface area contributed by atoms with E-state index in [-0.39, 0.29) is 0 Å². The minimum Gasteiger partial charge on any atom is -0.330 e. The molecule has 0 spiro atoms. The highest BCUT2D eigenvalue weighted by Gasteiger charge is 2.34. The molecule has 0 radical (unpaired) electrons. The summed E-state index contributed by atoms with van der Waals surface area (Å²) in [5.74, 6) is 0. The largest absolute Gasteiger partial charge is 0.330 e. The lowest BCUT2D eigenvalue weighted by Crippen LogP contribution is -2.42. The van der Waals surface area contributed by atoms with Gasteiger partial charge in [-0.3, -0.25) is 0 Å². The normalized spacial score (nSPS) is 26.6. The molecule has 2 fully saturated rings. The second-order valence-corrected chi connectivity index (χ2v) is 7.56. The van der Waals surface area contributed by atoms with E-state index in [0.29, 0.717) is 10.8 Å². The average molecular weight is 280 g/mol. The zero-order valence-electron chi connectivity index (χ0n) is 13.9. The van der Waals surface area contributed by atoms with E-state index in [2.05, 4.69) is 18.7 Å². The summed E-state index contributed by atoms with van der Waals surface area (Å²) in [6.07, 6.45) is 13.9. The Morgan fingerprint density at radius 3 is 1.95 bits per heavy atom. The Kier molecular flexibility index (Phi) is 5.92. The third-order valence-electron chi connectivity index (χ3n) is 6.72. The number of hydrogen-bond acceptors (Lipinski definition) is 2. The van der Waals surface area contributed by atoms with Crippen molar-refractivity contribution < 1.29 is 0 Å². The standard InChI is InChI=1S/C18H36N2/c1-3-17(4-2)10-13-20(14-11-17)15-12-18(16-19)8-6-5-7-9-18/h3-16,19H2,1-2H3. The van der Waals surface area contributed by atoms with Crippen LogP contribution in [0.4, 0.5) is 0 Å². The number of likely N-dealkylation sites (tertiary alicyclic amines) is 1. The first-order chi connectivity index (χ1) is 9.67. The molecule has 0 aromatic rings. The Balaban J connectivity index is 1.78. The zero-order chi connectivity index (χ0) is 14.5. The first-order valence-electron chi connectivity index (χ1n) is 9.10. The van der Waals surface area contributed by atoms with Crippen LogP contribution >= 0.6 is 0 Å². The highest BCUT2D eigenvalue weighted by Crippen LogP contribution is 2.40. The Labute approximate surface area is 126 Å². The lowest BCUT2D eigenvalue weighted by molar-refractivity contribution is 0.0760. The van der Waals surface area contributed by atoms with Crippen molar-refractivity contribution in [2.75, 3.05) is 26.2 Å². The molecular weight excluding hydrogens is 244 g/mol. The molecule has 1 aliphatic carbocycles. The monoisotopic (exact) mass is 280 g/mol. The number of piperidine rings is 1. The van der Waals surface area contributed by atoms with Crippen LogP contribution in [-0.2, 0) is 0 Å². The third kappa shape index (κ3) is 3.76. The molecule has 0 unspecified atom stereocenters. The molecule has 0 bridgehead atoms. The van der Waals surface area contributed by atoms with Crippen molar-refractivity contribution in [2.24, 2.45) is 16.6 Å². The topological polar surface area (TPSA) is 29.3 Å². The molecule has 2 heteroatoms. The van der Waals surface area contributed by atoms with Crippen molar-refractivity contribution >= 4 is 0 Å². The van der Waals surface area contributed by atoms with Gasteiger partial charge in [-0.05, 0) is 69.1 Å². The highest BCUT2D eigenvalue weighted by molar-refractivity contribution is 4.87. The molecule has 2 nitrogen and oxygen atoms in total. The van der Waals surface area contributed by atoms with E-state index >= 15 is 0 Å². The van der Waals surface area contributed by atoms with Gasteiger partial charge in [-0.25, -0.2) is 0 Å².